The maximum absolute atomic E-state index is 13.0. The van der Waals surface area contributed by atoms with Crippen molar-refractivity contribution in [1.82, 2.24) is 19.7 Å². The Morgan fingerprint density at radius 3 is 2.17 bits per heavy atom. The molecule has 0 N–H and O–H groups in total. The molecule has 0 fully saturated rings. The van der Waals surface area contributed by atoms with Crippen molar-refractivity contribution in [2.45, 2.75) is 12.6 Å². The quantitative estimate of drug-likeness (QED) is 0.675. The van der Waals surface area contributed by atoms with Gasteiger partial charge in [0.15, 0.2) is 5.69 Å². The molecule has 0 radical (unpaired) electrons. The predicted octanol–water partition coefficient (Wildman–Crippen LogP) is 4.58. The van der Waals surface area contributed by atoms with Crippen LogP contribution in [-0.2, 0) is 12.6 Å². The van der Waals surface area contributed by atoms with Crippen LogP contribution >= 0.6 is 23.2 Å². The molecule has 1 aromatic carbocycles. The molecule has 2 heterocycles. The van der Waals surface area contributed by atoms with Gasteiger partial charge in [-0.05, 0) is 30.3 Å². The van der Waals surface area contributed by atoms with E-state index in [1.807, 2.05) is 0 Å². The van der Waals surface area contributed by atoms with Crippen LogP contribution in [0, 0.1) is 0 Å². The van der Waals surface area contributed by atoms with Crippen LogP contribution in [0.5, 0.6) is 0 Å². The van der Waals surface area contributed by atoms with Gasteiger partial charge in [0, 0.05) is 17.4 Å². The fraction of sp³-hybridized carbons (Fsp3) is 0.133. The molecule has 0 atom stereocenters. The zero-order chi connectivity index (χ0) is 17.3. The fourth-order valence-corrected chi connectivity index (χ4v) is 2.31. The highest BCUT2D eigenvalue weighted by Gasteiger charge is 2.35. The van der Waals surface area contributed by atoms with Gasteiger partial charge in [-0.15, -0.1) is 0 Å². The molecule has 9 heteroatoms. The van der Waals surface area contributed by atoms with Crippen LogP contribution in [-0.4, -0.2) is 19.7 Å². The van der Waals surface area contributed by atoms with Gasteiger partial charge in [-0.25, -0.2) is 14.6 Å². The maximum atomic E-state index is 13.0. The minimum absolute atomic E-state index is 0.0723. The lowest BCUT2D eigenvalue weighted by molar-refractivity contribution is -0.141. The van der Waals surface area contributed by atoms with Crippen molar-refractivity contribution in [3.8, 4) is 5.69 Å². The second-order valence-corrected chi connectivity index (χ2v) is 5.77. The van der Waals surface area contributed by atoms with E-state index in [4.69, 9.17) is 23.2 Å². The SMILES string of the molecule is FC(F)(F)c1cc(Cc2ncc(Cl)cn2)n(-c2ccc(Cl)cc2)n1. The molecule has 3 rings (SSSR count). The van der Waals surface area contributed by atoms with E-state index in [1.165, 1.54) is 17.1 Å². The minimum atomic E-state index is -4.55. The Bertz CT molecular complexity index is 843. The molecule has 0 saturated heterocycles. The van der Waals surface area contributed by atoms with Crippen LogP contribution < -0.4 is 0 Å². The number of benzene rings is 1. The van der Waals surface area contributed by atoms with Crippen LogP contribution in [0.25, 0.3) is 5.69 Å². The third kappa shape index (κ3) is 3.68. The Morgan fingerprint density at radius 2 is 1.58 bits per heavy atom. The van der Waals surface area contributed by atoms with Crippen LogP contribution in [0.15, 0.2) is 42.7 Å². The average molecular weight is 373 g/mol. The molecular weight excluding hydrogens is 364 g/mol. The first-order valence-corrected chi connectivity index (χ1v) is 7.47. The Labute approximate surface area is 144 Å². The predicted molar refractivity (Wildman–Crippen MR) is 83.4 cm³/mol. The highest BCUT2D eigenvalue weighted by molar-refractivity contribution is 6.30. The number of nitrogens with zero attached hydrogens (tertiary/aromatic N) is 4. The van der Waals surface area contributed by atoms with Gasteiger partial charge in [-0.2, -0.15) is 18.3 Å². The van der Waals surface area contributed by atoms with Crippen molar-refractivity contribution < 1.29 is 13.2 Å². The van der Waals surface area contributed by atoms with Gasteiger partial charge >= 0.3 is 6.18 Å². The molecule has 0 spiro atoms. The van der Waals surface area contributed by atoms with Gasteiger partial charge in [0.2, 0.25) is 0 Å². The van der Waals surface area contributed by atoms with Crippen molar-refractivity contribution >= 4 is 23.2 Å². The van der Waals surface area contributed by atoms with E-state index in [2.05, 4.69) is 15.1 Å². The third-order valence-electron chi connectivity index (χ3n) is 3.16. The molecule has 124 valence electrons. The molecule has 0 saturated carbocycles. The lowest BCUT2D eigenvalue weighted by atomic mass is 10.2. The number of hydrogen-bond acceptors (Lipinski definition) is 3. The fourth-order valence-electron chi connectivity index (χ4n) is 2.08. The second-order valence-electron chi connectivity index (χ2n) is 4.90. The summed E-state index contributed by atoms with van der Waals surface area (Å²) in [5.74, 6) is 0.336. The number of halogens is 5. The van der Waals surface area contributed by atoms with Crippen molar-refractivity contribution in [2.75, 3.05) is 0 Å². The molecule has 24 heavy (non-hydrogen) atoms. The summed E-state index contributed by atoms with van der Waals surface area (Å²) in [7, 11) is 0. The molecule has 0 aliphatic rings. The van der Waals surface area contributed by atoms with Gasteiger partial charge < -0.3 is 0 Å². The van der Waals surface area contributed by atoms with E-state index < -0.39 is 11.9 Å². The Hall–Kier alpha value is -2.12. The summed E-state index contributed by atoms with van der Waals surface area (Å²) in [6, 6.07) is 7.30. The average Bonchev–Trinajstić information content (AvgIpc) is 2.94. The molecule has 0 unspecified atom stereocenters. The van der Waals surface area contributed by atoms with Crippen molar-refractivity contribution in [2.24, 2.45) is 0 Å². The zero-order valence-electron chi connectivity index (χ0n) is 11.9. The molecule has 0 amide bonds. The second kappa shape index (κ2) is 6.41. The molecule has 0 bridgehead atoms. The Balaban J connectivity index is 2.04. The number of hydrogen-bond donors (Lipinski definition) is 0. The van der Waals surface area contributed by atoms with Crippen LogP contribution in [0.2, 0.25) is 10.0 Å². The van der Waals surface area contributed by atoms with Crippen LogP contribution in [0.4, 0.5) is 13.2 Å². The zero-order valence-corrected chi connectivity index (χ0v) is 13.4. The van der Waals surface area contributed by atoms with Gasteiger partial charge in [0.05, 0.1) is 22.8 Å². The Kier molecular flexibility index (Phi) is 4.47. The van der Waals surface area contributed by atoms with Gasteiger partial charge in [0.25, 0.3) is 0 Å². The summed E-state index contributed by atoms with van der Waals surface area (Å²) in [6.45, 7) is 0. The van der Waals surface area contributed by atoms with E-state index in [0.29, 0.717) is 27.3 Å². The number of alkyl halides is 3. The van der Waals surface area contributed by atoms with Gasteiger partial charge in [-0.3, -0.25) is 0 Å². The third-order valence-corrected chi connectivity index (χ3v) is 3.60. The lowest BCUT2D eigenvalue weighted by Gasteiger charge is -2.07. The number of rotatable bonds is 3. The van der Waals surface area contributed by atoms with Crippen LogP contribution in [0.1, 0.15) is 17.2 Å². The first-order chi connectivity index (χ1) is 11.3. The summed E-state index contributed by atoms with van der Waals surface area (Å²) < 4.78 is 40.2. The van der Waals surface area contributed by atoms with E-state index in [-0.39, 0.29) is 6.42 Å². The van der Waals surface area contributed by atoms with Crippen molar-refractivity contribution in [3.05, 3.63) is 70.0 Å². The van der Waals surface area contributed by atoms with Crippen LogP contribution in [0.3, 0.4) is 0 Å². The molecule has 4 nitrogen and oxygen atoms in total. The first-order valence-electron chi connectivity index (χ1n) is 6.71. The monoisotopic (exact) mass is 372 g/mol. The first kappa shape index (κ1) is 16.7. The molecule has 2 aromatic heterocycles. The molecule has 3 aromatic rings. The topological polar surface area (TPSA) is 43.6 Å². The highest BCUT2D eigenvalue weighted by Crippen LogP contribution is 2.30. The number of aromatic nitrogens is 4. The highest BCUT2D eigenvalue weighted by atomic mass is 35.5. The summed E-state index contributed by atoms with van der Waals surface area (Å²) in [5, 5.41) is 4.49. The minimum Gasteiger partial charge on any atom is -0.239 e. The standard InChI is InChI=1S/C15H9Cl2F3N4/c16-9-1-3-11(4-2-9)24-12(5-13(23-24)15(18,19)20)6-14-21-7-10(17)8-22-14/h1-5,7-8H,6H2. The van der Waals surface area contributed by atoms with Crippen molar-refractivity contribution in [3.63, 3.8) is 0 Å². The smallest absolute Gasteiger partial charge is 0.239 e. The molecular formula is C15H9Cl2F3N4. The maximum Gasteiger partial charge on any atom is 0.435 e. The molecule has 0 aliphatic carbocycles. The van der Waals surface area contributed by atoms with E-state index in [0.717, 1.165) is 6.07 Å². The Morgan fingerprint density at radius 1 is 0.958 bits per heavy atom. The van der Waals surface area contributed by atoms with Gasteiger partial charge in [-0.1, -0.05) is 23.2 Å². The summed E-state index contributed by atoms with van der Waals surface area (Å²) >= 11 is 11.5. The lowest BCUT2D eigenvalue weighted by Crippen LogP contribution is -2.08. The summed E-state index contributed by atoms with van der Waals surface area (Å²) in [4.78, 5) is 8.01. The van der Waals surface area contributed by atoms with Crippen molar-refractivity contribution in [1.29, 1.82) is 0 Å². The normalized spacial score (nSPS) is 11.7. The summed E-state index contributed by atoms with van der Waals surface area (Å²) in [5.41, 5.74) is -0.229. The summed E-state index contributed by atoms with van der Waals surface area (Å²) in [6.07, 6.45) is -1.70. The molecule has 0 aliphatic heterocycles. The van der Waals surface area contributed by atoms with E-state index in [1.54, 1.807) is 24.3 Å². The van der Waals surface area contributed by atoms with E-state index >= 15 is 0 Å². The van der Waals surface area contributed by atoms with E-state index in [9.17, 15) is 13.2 Å². The van der Waals surface area contributed by atoms with Gasteiger partial charge in [0.1, 0.15) is 5.82 Å². The largest absolute Gasteiger partial charge is 0.435 e.